The fourth-order valence-corrected chi connectivity index (χ4v) is 0.495. The Labute approximate surface area is 67.4 Å². The number of hydrogen-bond acceptors (Lipinski definition) is 3. The third kappa shape index (κ3) is 3.37. The number of aliphatic hydroxyl groups is 1. The van der Waals surface area contributed by atoms with Crippen molar-refractivity contribution in [3.05, 3.63) is 0 Å². The molecular formula is C8H16O3. The molecule has 1 unspecified atom stereocenters. The minimum Gasteiger partial charge on any atom is -0.464 e. The monoisotopic (exact) mass is 160 g/mol. The Kier molecular flexibility index (Phi) is 4.11. The molecule has 0 saturated heterocycles. The van der Waals surface area contributed by atoms with Crippen LogP contribution in [0.1, 0.15) is 33.6 Å². The highest BCUT2D eigenvalue weighted by atomic mass is 16.5. The first-order valence-corrected chi connectivity index (χ1v) is 3.94. The summed E-state index contributed by atoms with van der Waals surface area (Å²) < 4.78 is 4.76. The third-order valence-electron chi connectivity index (χ3n) is 1.57. The van der Waals surface area contributed by atoms with Gasteiger partial charge in [0.15, 0.2) is 5.60 Å². The highest BCUT2D eigenvalue weighted by Crippen LogP contribution is 2.10. The molecule has 0 saturated carbocycles. The lowest BCUT2D eigenvalue weighted by molar-refractivity contribution is -0.163. The number of carbonyl (C=O) groups excluding carboxylic acids is 1. The molecule has 3 nitrogen and oxygen atoms in total. The summed E-state index contributed by atoms with van der Waals surface area (Å²) in [5.41, 5.74) is -1.31. The van der Waals surface area contributed by atoms with Crippen LogP contribution in [0.5, 0.6) is 0 Å². The van der Waals surface area contributed by atoms with E-state index in [1.165, 1.54) is 6.92 Å². The van der Waals surface area contributed by atoms with Crippen molar-refractivity contribution < 1.29 is 14.6 Å². The van der Waals surface area contributed by atoms with E-state index >= 15 is 0 Å². The molecule has 0 rings (SSSR count). The molecular weight excluding hydrogens is 144 g/mol. The first-order valence-electron chi connectivity index (χ1n) is 3.94. The maximum Gasteiger partial charge on any atom is 0.337 e. The predicted molar refractivity (Wildman–Crippen MR) is 42.2 cm³/mol. The van der Waals surface area contributed by atoms with Gasteiger partial charge in [0.2, 0.25) is 0 Å². The fourth-order valence-electron chi connectivity index (χ4n) is 0.495. The molecule has 0 aliphatic rings. The molecule has 0 fully saturated rings. The second-order valence-electron chi connectivity index (χ2n) is 2.76. The van der Waals surface area contributed by atoms with E-state index in [0.29, 0.717) is 13.0 Å². The van der Waals surface area contributed by atoms with Crippen molar-refractivity contribution in [1.29, 1.82) is 0 Å². The molecule has 66 valence electrons. The average Bonchev–Trinajstić information content (AvgIpc) is 2.00. The minimum absolute atomic E-state index is 0.384. The maximum absolute atomic E-state index is 11.0. The van der Waals surface area contributed by atoms with Crippen LogP contribution in [0.15, 0.2) is 0 Å². The molecule has 0 aromatic carbocycles. The van der Waals surface area contributed by atoms with Gasteiger partial charge in [-0.25, -0.2) is 4.79 Å². The fraction of sp³-hybridized carbons (Fsp3) is 0.875. The topological polar surface area (TPSA) is 46.5 Å². The van der Waals surface area contributed by atoms with Crippen LogP contribution < -0.4 is 0 Å². The summed E-state index contributed by atoms with van der Waals surface area (Å²) in [6.45, 7) is 5.50. The van der Waals surface area contributed by atoms with Gasteiger partial charge in [-0.15, -0.1) is 0 Å². The van der Waals surface area contributed by atoms with Gasteiger partial charge in [0.1, 0.15) is 0 Å². The van der Waals surface area contributed by atoms with E-state index in [9.17, 15) is 9.90 Å². The van der Waals surface area contributed by atoms with Crippen LogP contribution in [0.3, 0.4) is 0 Å². The minimum atomic E-state index is -1.31. The van der Waals surface area contributed by atoms with E-state index < -0.39 is 11.6 Å². The molecule has 0 aliphatic heterocycles. The van der Waals surface area contributed by atoms with Gasteiger partial charge >= 0.3 is 5.97 Å². The SMILES string of the molecule is CCCOC(=O)C(C)(O)CC. The maximum atomic E-state index is 11.0. The summed E-state index contributed by atoms with van der Waals surface area (Å²) in [5, 5.41) is 9.34. The zero-order valence-electron chi connectivity index (χ0n) is 7.39. The lowest BCUT2D eigenvalue weighted by Crippen LogP contribution is -2.36. The second-order valence-corrected chi connectivity index (χ2v) is 2.76. The van der Waals surface area contributed by atoms with Crippen molar-refractivity contribution in [2.75, 3.05) is 6.61 Å². The molecule has 0 spiro atoms. The largest absolute Gasteiger partial charge is 0.464 e. The van der Waals surface area contributed by atoms with Gasteiger partial charge in [-0.05, 0) is 19.8 Å². The quantitative estimate of drug-likeness (QED) is 0.626. The summed E-state index contributed by atoms with van der Waals surface area (Å²) in [4.78, 5) is 11.0. The van der Waals surface area contributed by atoms with E-state index in [-0.39, 0.29) is 0 Å². The molecule has 11 heavy (non-hydrogen) atoms. The predicted octanol–water partition coefficient (Wildman–Crippen LogP) is 1.10. The lowest BCUT2D eigenvalue weighted by Gasteiger charge is -2.18. The summed E-state index contributed by atoms with van der Waals surface area (Å²) >= 11 is 0. The van der Waals surface area contributed by atoms with Gasteiger partial charge < -0.3 is 9.84 Å². The Morgan fingerprint density at radius 1 is 1.55 bits per heavy atom. The first kappa shape index (κ1) is 10.4. The van der Waals surface area contributed by atoms with Crippen LogP contribution in [0.25, 0.3) is 0 Å². The van der Waals surface area contributed by atoms with E-state index in [1.807, 2.05) is 6.92 Å². The summed E-state index contributed by atoms with van der Waals surface area (Å²) in [6, 6.07) is 0. The Hall–Kier alpha value is -0.570. The normalized spacial score (nSPS) is 15.6. The van der Waals surface area contributed by atoms with E-state index in [4.69, 9.17) is 4.74 Å². The Bertz CT molecular complexity index is 129. The molecule has 0 aromatic heterocycles. The van der Waals surface area contributed by atoms with Crippen LogP contribution in [-0.4, -0.2) is 23.3 Å². The van der Waals surface area contributed by atoms with Crippen molar-refractivity contribution in [1.82, 2.24) is 0 Å². The lowest BCUT2D eigenvalue weighted by atomic mass is 10.1. The van der Waals surface area contributed by atoms with Gasteiger partial charge in [-0.2, -0.15) is 0 Å². The number of ether oxygens (including phenoxy) is 1. The molecule has 0 radical (unpaired) electrons. The molecule has 1 N–H and O–H groups in total. The van der Waals surface area contributed by atoms with E-state index in [0.717, 1.165) is 6.42 Å². The second kappa shape index (κ2) is 4.34. The Morgan fingerprint density at radius 2 is 2.09 bits per heavy atom. The van der Waals surface area contributed by atoms with Gasteiger partial charge in [0.05, 0.1) is 6.61 Å². The Morgan fingerprint density at radius 3 is 2.45 bits per heavy atom. The molecule has 0 aromatic rings. The summed E-state index contributed by atoms with van der Waals surface area (Å²) in [6.07, 6.45) is 1.17. The number of carbonyl (C=O) groups is 1. The molecule has 1 atom stereocenters. The summed E-state index contributed by atoms with van der Waals surface area (Å²) in [5.74, 6) is -0.526. The molecule has 3 heteroatoms. The van der Waals surface area contributed by atoms with Crippen molar-refractivity contribution >= 4 is 5.97 Å². The highest BCUT2D eigenvalue weighted by Gasteiger charge is 2.29. The summed E-state index contributed by atoms with van der Waals surface area (Å²) in [7, 11) is 0. The first-order chi connectivity index (χ1) is 5.04. The smallest absolute Gasteiger partial charge is 0.337 e. The number of esters is 1. The van der Waals surface area contributed by atoms with Gasteiger partial charge in [-0.1, -0.05) is 13.8 Å². The third-order valence-corrected chi connectivity index (χ3v) is 1.57. The zero-order chi connectivity index (χ0) is 8.91. The molecule has 0 amide bonds. The van der Waals surface area contributed by atoms with Crippen molar-refractivity contribution in [3.63, 3.8) is 0 Å². The van der Waals surface area contributed by atoms with Gasteiger partial charge in [0, 0.05) is 0 Å². The van der Waals surface area contributed by atoms with Gasteiger partial charge in [-0.3, -0.25) is 0 Å². The standard InChI is InChI=1S/C8H16O3/c1-4-6-11-7(9)8(3,10)5-2/h10H,4-6H2,1-3H3. The van der Waals surface area contributed by atoms with Crippen LogP contribution >= 0.6 is 0 Å². The Balaban J connectivity index is 3.82. The van der Waals surface area contributed by atoms with Gasteiger partial charge in [0.25, 0.3) is 0 Å². The molecule has 0 bridgehead atoms. The van der Waals surface area contributed by atoms with Crippen molar-refractivity contribution in [2.24, 2.45) is 0 Å². The number of rotatable bonds is 4. The highest BCUT2D eigenvalue weighted by molar-refractivity contribution is 5.78. The van der Waals surface area contributed by atoms with Crippen LogP contribution in [0.4, 0.5) is 0 Å². The van der Waals surface area contributed by atoms with Crippen LogP contribution in [0, 0.1) is 0 Å². The van der Waals surface area contributed by atoms with Crippen molar-refractivity contribution in [3.8, 4) is 0 Å². The van der Waals surface area contributed by atoms with E-state index in [1.54, 1.807) is 6.92 Å². The number of hydrogen-bond donors (Lipinski definition) is 1. The van der Waals surface area contributed by atoms with Crippen LogP contribution in [0.2, 0.25) is 0 Å². The van der Waals surface area contributed by atoms with E-state index in [2.05, 4.69) is 0 Å². The van der Waals surface area contributed by atoms with Crippen LogP contribution in [-0.2, 0) is 9.53 Å². The molecule has 0 aliphatic carbocycles. The average molecular weight is 160 g/mol. The van der Waals surface area contributed by atoms with Crippen molar-refractivity contribution in [2.45, 2.75) is 39.2 Å². The zero-order valence-corrected chi connectivity index (χ0v) is 7.39. The molecule has 0 heterocycles.